The van der Waals surface area contributed by atoms with Gasteiger partial charge in [0.25, 0.3) is 0 Å². The number of carbonyl (C=O) groups is 1. The lowest BCUT2D eigenvalue weighted by Gasteiger charge is -2.22. The van der Waals surface area contributed by atoms with Crippen LogP contribution in [0.3, 0.4) is 0 Å². The molecule has 22 heavy (non-hydrogen) atoms. The molecular formula is C16H17ClFN3O. The van der Waals surface area contributed by atoms with Crippen molar-refractivity contribution in [3.05, 3.63) is 52.8 Å². The average molecular weight is 322 g/mol. The third-order valence-corrected chi connectivity index (χ3v) is 4.25. The zero-order valence-corrected chi connectivity index (χ0v) is 13.1. The van der Waals surface area contributed by atoms with Crippen LogP contribution in [0.4, 0.5) is 4.39 Å². The Balaban J connectivity index is 1.74. The molecule has 1 aliphatic carbocycles. The molecule has 0 N–H and O–H groups in total. The summed E-state index contributed by atoms with van der Waals surface area (Å²) in [5, 5.41) is 0.293. The number of amides is 1. The van der Waals surface area contributed by atoms with E-state index in [1.165, 1.54) is 12.1 Å². The molecule has 0 radical (unpaired) electrons. The van der Waals surface area contributed by atoms with E-state index >= 15 is 0 Å². The molecule has 1 fully saturated rings. The molecule has 0 aliphatic heterocycles. The minimum atomic E-state index is -0.395. The number of halogens is 2. The molecule has 1 saturated carbocycles. The maximum atomic E-state index is 13.1. The Morgan fingerprint density at radius 1 is 1.50 bits per heavy atom. The molecule has 1 heterocycles. The van der Waals surface area contributed by atoms with Crippen LogP contribution >= 0.6 is 11.6 Å². The Morgan fingerprint density at radius 3 is 2.86 bits per heavy atom. The summed E-state index contributed by atoms with van der Waals surface area (Å²) in [6.45, 7) is 0.492. The molecule has 6 heteroatoms. The molecule has 116 valence electrons. The molecule has 1 amide bonds. The first-order chi connectivity index (χ1) is 10.5. The molecule has 0 atom stereocenters. The van der Waals surface area contributed by atoms with Gasteiger partial charge in [0, 0.05) is 30.5 Å². The van der Waals surface area contributed by atoms with Gasteiger partial charge in [-0.2, -0.15) is 0 Å². The first-order valence-corrected chi connectivity index (χ1v) is 7.62. The lowest BCUT2D eigenvalue weighted by atomic mass is 10.1. The molecule has 0 spiro atoms. The maximum absolute atomic E-state index is 13.1. The van der Waals surface area contributed by atoms with E-state index in [4.69, 9.17) is 11.6 Å². The Morgan fingerprint density at radius 2 is 2.27 bits per heavy atom. The summed E-state index contributed by atoms with van der Waals surface area (Å²) >= 11 is 6.01. The number of imidazole rings is 1. The summed E-state index contributed by atoms with van der Waals surface area (Å²) in [5.41, 5.74) is 0.651. The van der Waals surface area contributed by atoms with Crippen molar-refractivity contribution in [3.63, 3.8) is 0 Å². The second-order valence-corrected chi connectivity index (χ2v) is 6.03. The third kappa shape index (κ3) is 3.30. The predicted octanol–water partition coefficient (Wildman–Crippen LogP) is 2.95. The van der Waals surface area contributed by atoms with Crippen LogP contribution in [0.5, 0.6) is 0 Å². The van der Waals surface area contributed by atoms with E-state index in [1.807, 2.05) is 22.7 Å². The standard InChI is InChI=1S/C16H17ClFN3O/c1-20-7-6-19-15(20)10-21(13-4-5-13)16(22)8-11-2-3-12(18)9-14(11)17/h2-3,6-7,9,13H,4-5,8,10H2,1H3. The summed E-state index contributed by atoms with van der Waals surface area (Å²) in [5.74, 6) is 0.456. The van der Waals surface area contributed by atoms with Crippen molar-refractivity contribution in [3.8, 4) is 0 Å². The summed E-state index contributed by atoms with van der Waals surface area (Å²) in [6.07, 6.45) is 5.81. The SMILES string of the molecule is Cn1ccnc1CN(C(=O)Cc1ccc(F)cc1Cl)C1CC1. The fourth-order valence-electron chi connectivity index (χ4n) is 2.44. The maximum Gasteiger partial charge on any atom is 0.227 e. The van der Waals surface area contributed by atoms with Crippen LogP contribution in [0.1, 0.15) is 24.2 Å². The van der Waals surface area contributed by atoms with Crippen LogP contribution in [0, 0.1) is 5.82 Å². The van der Waals surface area contributed by atoms with E-state index in [0.29, 0.717) is 17.1 Å². The first-order valence-electron chi connectivity index (χ1n) is 7.24. The summed E-state index contributed by atoms with van der Waals surface area (Å²) < 4.78 is 15.0. The quantitative estimate of drug-likeness (QED) is 0.849. The van der Waals surface area contributed by atoms with Crippen LogP contribution in [0.15, 0.2) is 30.6 Å². The lowest BCUT2D eigenvalue weighted by Crippen LogP contribution is -2.34. The van der Waals surface area contributed by atoms with Crippen LogP contribution < -0.4 is 0 Å². The van der Waals surface area contributed by atoms with Crippen molar-refractivity contribution in [1.29, 1.82) is 0 Å². The van der Waals surface area contributed by atoms with Gasteiger partial charge in [-0.25, -0.2) is 9.37 Å². The van der Waals surface area contributed by atoms with Gasteiger partial charge in [-0.15, -0.1) is 0 Å². The number of carbonyl (C=O) groups excluding carboxylic acids is 1. The van der Waals surface area contributed by atoms with Crippen molar-refractivity contribution < 1.29 is 9.18 Å². The van der Waals surface area contributed by atoms with Crippen LogP contribution in [0.2, 0.25) is 5.02 Å². The van der Waals surface area contributed by atoms with Gasteiger partial charge in [-0.3, -0.25) is 4.79 Å². The molecule has 4 nitrogen and oxygen atoms in total. The highest BCUT2D eigenvalue weighted by Gasteiger charge is 2.33. The van der Waals surface area contributed by atoms with Crippen molar-refractivity contribution in [1.82, 2.24) is 14.5 Å². The smallest absolute Gasteiger partial charge is 0.227 e. The van der Waals surface area contributed by atoms with Gasteiger partial charge in [0.1, 0.15) is 11.6 Å². The van der Waals surface area contributed by atoms with Gasteiger partial charge in [-0.1, -0.05) is 17.7 Å². The number of hydrogen-bond donors (Lipinski definition) is 0. The van der Waals surface area contributed by atoms with Crippen LogP contribution in [0.25, 0.3) is 0 Å². The number of benzene rings is 1. The molecule has 0 unspecified atom stereocenters. The Labute approximate surface area is 133 Å². The van der Waals surface area contributed by atoms with Gasteiger partial charge in [0.05, 0.1) is 13.0 Å². The largest absolute Gasteiger partial charge is 0.337 e. The van der Waals surface area contributed by atoms with Gasteiger partial charge < -0.3 is 9.47 Å². The second kappa shape index (κ2) is 6.08. The highest BCUT2D eigenvalue weighted by molar-refractivity contribution is 6.31. The molecule has 0 saturated heterocycles. The molecule has 1 aromatic carbocycles. The Kier molecular flexibility index (Phi) is 4.16. The fraction of sp³-hybridized carbons (Fsp3) is 0.375. The second-order valence-electron chi connectivity index (χ2n) is 5.62. The first kappa shape index (κ1) is 15.0. The number of rotatable bonds is 5. The summed E-state index contributed by atoms with van der Waals surface area (Å²) in [4.78, 5) is 18.7. The topological polar surface area (TPSA) is 38.1 Å². The predicted molar refractivity (Wildman–Crippen MR) is 81.9 cm³/mol. The molecule has 1 aromatic heterocycles. The van der Waals surface area contributed by atoms with Crippen LogP contribution in [-0.4, -0.2) is 26.4 Å². The minimum Gasteiger partial charge on any atom is -0.337 e. The summed E-state index contributed by atoms with van der Waals surface area (Å²) in [7, 11) is 1.91. The monoisotopic (exact) mass is 321 g/mol. The number of aromatic nitrogens is 2. The molecule has 3 rings (SSSR count). The molecular weight excluding hydrogens is 305 g/mol. The van der Waals surface area contributed by atoms with Crippen molar-refractivity contribution >= 4 is 17.5 Å². The third-order valence-electron chi connectivity index (χ3n) is 3.90. The van der Waals surface area contributed by atoms with E-state index in [9.17, 15) is 9.18 Å². The van der Waals surface area contributed by atoms with Gasteiger partial charge in [0.15, 0.2) is 0 Å². The zero-order valence-electron chi connectivity index (χ0n) is 12.3. The van der Waals surface area contributed by atoms with Crippen molar-refractivity contribution in [2.45, 2.75) is 31.8 Å². The summed E-state index contributed by atoms with van der Waals surface area (Å²) in [6, 6.07) is 4.42. The molecule has 0 bridgehead atoms. The van der Waals surface area contributed by atoms with E-state index in [0.717, 1.165) is 18.7 Å². The van der Waals surface area contributed by atoms with Crippen molar-refractivity contribution in [2.24, 2.45) is 7.05 Å². The zero-order chi connectivity index (χ0) is 15.7. The van der Waals surface area contributed by atoms with E-state index in [1.54, 1.807) is 12.3 Å². The van der Waals surface area contributed by atoms with Gasteiger partial charge in [0.2, 0.25) is 5.91 Å². The highest BCUT2D eigenvalue weighted by atomic mass is 35.5. The molecule has 1 aliphatic rings. The lowest BCUT2D eigenvalue weighted by molar-refractivity contribution is -0.131. The minimum absolute atomic E-state index is 0.000918. The number of nitrogens with zero attached hydrogens (tertiary/aromatic N) is 3. The van der Waals surface area contributed by atoms with Gasteiger partial charge >= 0.3 is 0 Å². The van der Waals surface area contributed by atoms with Crippen molar-refractivity contribution in [2.75, 3.05) is 0 Å². The van der Waals surface area contributed by atoms with Gasteiger partial charge in [-0.05, 0) is 30.5 Å². The van der Waals surface area contributed by atoms with E-state index in [2.05, 4.69) is 4.98 Å². The molecule has 2 aromatic rings. The van der Waals surface area contributed by atoms with Crippen LogP contribution in [-0.2, 0) is 24.8 Å². The fourth-order valence-corrected chi connectivity index (χ4v) is 2.67. The Bertz CT molecular complexity index is 696. The average Bonchev–Trinajstić information content (AvgIpc) is 3.23. The van der Waals surface area contributed by atoms with E-state index in [-0.39, 0.29) is 18.4 Å². The Hall–Kier alpha value is -1.88. The normalized spacial score (nSPS) is 14.1. The number of hydrogen-bond acceptors (Lipinski definition) is 2. The highest BCUT2D eigenvalue weighted by Crippen LogP contribution is 2.29. The number of aryl methyl sites for hydroxylation is 1. The van der Waals surface area contributed by atoms with E-state index < -0.39 is 5.82 Å².